The molecule has 3 nitrogen and oxygen atoms in total. The first-order valence-electron chi connectivity index (χ1n) is 6.55. The van der Waals surface area contributed by atoms with E-state index in [-0.39, 0.29) is 0 Å². The molecular weight excluding hydrogens is 210 g/mol. The summed E-state index contributed by atoms with van der Waals surface area (Å²) < 4.78 is 0. The summed E-state index contributed by atoms with van der Waals surface area (Å²) in [5.41, 5.74) is 1.11. The molecule has 0 aromatic carbocycles. The SMILES string of the molecule is CCN(CCNCc1ccccn1)CC(C)C. The minimum atomic E-state index is 0.741. The summed E-state index contributed by atoms with van der Waals surface area (Å²) >= 11 is 0. The molecule has 3 heteroatoms. The van der Waals surface area contributed by atoms with E-state index in [0.29, 0.717) is 0 Å². The lowest BCUT2D eigenvalue weighted by molar-refractivity contribution is 0.256. The van der Waals surface area contributed by atoms with E-state index in [4.69, 9.17) is 0 Å². The van der Waals surface area contributed by atoms with E-state index in [2.05, 4.69) is 42.0 Å². The van der Waals surface area contributed by atoms with E-state index in [9.17, 15) is 0 Å². The molecule has 0 atom stereocenters. The normalized spacial score (nSPS) is 11.4. The van der Waals surface area contributed by atoms with E-state index in [1.807, 2.05) is 18.3 Å². The monoisotopic (exact) mass is 235 g/mol. The second-order valence-electron chi connectivity index (χ2n) is 4.78. The van der Waals surface area contributed by atoms with Gasteiger partial charge in [0.25, 0.3) is 0 Å². The van der Waals surface area contributed by atoms with Gasteiger partial charge in [-0.3, -0.25) is 4.98 Å². The van der Waals surface area contributed by atoms with Gasteiger partial charge in [0, 0.05) is 32.4 Å². The van der Waals surface area contributed by atoms with Gasteiger partial charge in [-0.15, -0.1) is 0 Å². The molecule has 0 saturated heterocycles. The molecule has 0 saturated carbocycles. The highest BCUT2D eigenvalue weighted by molar-refractivity contribution is 5.02. The Morgan fingerprint density at radius 2 is 2.18 bits per heavy atom. The third-order valence-electron chi connectivity index (χ3n) is 2.71. The largest absolute Gasteiger partial charge is 0.310 e. The molecule has 0 aliphatic carbocycles. The Labute approximate surface area is 105 Å². The molecule has 17 heavy (non-hydrogen) atoms. The van der Waals surface area contributed by atoms with Gasteiger partial charge in [0.1, 0.15) is 0 Å². The van der Waals surface area contributed by atoms with Crippen molar-refractivity contribution in [2.45, 2.75) is 27.3 Å². The first-order chi connectivity index (χ1) is 8.22. The lowest BCUT2D eigenvalue weighted by Crippen LogP contribution is -2.34. The highest BCUT2D eigenvalue weighted by atomic mass is 15.1. The molecular formula is C14H25N3. The molecule has 1 aromatic heterocycles. The first kappa shape index (κ1) is 14.1. The number of rotatable bonds is 8. The summed E-state index contributed by atoms with van der Waals surface area (Å²) in [6, 6.07) is 6.03. The van der Waals surface area contributed by atoms with Crippen molar-refractivity contribution in [3.05, 3.63) is 30.1 Å². The highest BCUT2D eigenvalue weighted by Crippen LogP contribution is 1.97. The average molecular weight is 235 g/mol. The van der Waals surface area contributed by atoms with Crippen LogP contribution in [0, 0.1) is 5.92 Å². The van der Waals surface area contributed by atoms with Crippen LogP contribution in [0.5, 0.6) is 0 Å². The summed E-state index contributed by atoms with van der Waals surface area (Å²) in [6.45, 7) is 12.1. The summed E-state index contributed by atoms with van der Waals surface area (Å²) in [5, 5.41) is 3.44. The van der Waals surface area contributed by atoms with E-state index in [1.165, 1.54) is 6.54 Å². The highest BCUT2D eigenvalue weighted by Gasteiger charge is 2.04. The van der Waals surface area contributed by atoms with Gasteiger partial charge in [-0.25, -0.2) is 0 Å². The minimum Gasteiger partial charge on any atom is -0.310 e. The molecule has 0 radical (unpaired) electrons. The molecule has 96 valence electrons. The predicted molar refractivity (Wildman–Crippen MR) is 72.9 cm³/mol. The molecule has 0 amide bonds. The van der Waals surface area contributed by atoms with Crippen LogP contribution in [0.1, 0.15) is 26.5 Å². The summed E-state index contributed by atoms with van der Waals surface area (Å²) in [7, 11) is 0. The quantitative estimate of drug-likeness (QED) is 0.700. The van der Waals surface area contributed by atoms with Crippen LogP contribution in [0.2, 0.25) is 0 Å². The minimum absolute atomic E-state index is 0.741. The Kier molecular flexibility index (Phi) is 6.82. The fourth-order valence-corrected chi connectivity index (χ4v) is 1.85. The van der Waals surface area contributed by atoms with Crippen LogP contribution >= 0.6 is 0 Å². The second-order valence-corrected chi connectivity index (χ2v) is 4.78. The second kappa shape index (κ2) is 8.20. The molecule has 0 unspecified atom stereocenters. The van der Waals surface area contributed by atoms with Crippen LogP contribution in [-0.4, -0.2) is 36.1 Å². The Morgan fingerprint density at radius 3 is 2.76 bits per heavy atom. The van der Waals surface area contributed by atoms with E-state index in [0.717, 1.165) is 37.8 Å². The number of likely N-dealkylation sites (N-methyl/N-ethyl adjacent to an activating group) is 1. The van der Waals surface area contributed by atoms with Gasteiger partial charge in [0.15, 0.2) is 0 Å². The van der Waals surface area contributed by atoms with Crippen molar-refractivity contribution in [2.75, 3.05) is 26.2 Å². The molecule has 1 heterocycles. The lowest BCUT2D eigenvalue weighted by atomic mass is 10.2. The van der Waals surface area contributed by atoms with Crippen molar-refractivity contribution in [2.24, 2.45) is 5.92 Å². The number of aromatic nitrogens is 1. The van der Waals surface area contributed by atoms with Crippen molar-refractivity contribution < 1.29 is 0 Å². The Morgan fingerprint density at radius 1 is 1.35 bits per heavy atom. The Hall–Kier alpha value is -0.930. The molecule has 1 rings (SSSR count). The van der Waals surface area contributed by atoms with Crippen LogP contribution in [0.25, 0.3) is 0 Å². The standard InChI is InChI=1S/C14H25N3/c1-4-17(12-13(2)3)10-9-15-11-14-7-5-6-8-16-14/h5-8,13,15H,4,9-12H2,1-3H3. The number of hydrogen-bond acceptors (Lipinski definition) is 3. The van der Waals surface area contributed by atoms with Crippen LogP contribution in [0.3, 0.4) is 0 Å². The van der Waals surface area contributed by atoms with E-state index >= 15 is 0 Å². The fraction of sp³-hybridized carbons (Fsp3) is 0.643. The van der Waals surface area contributed by atoms with Crippen LogP contribution < -0.4 is 5.32 Å². The van der Waals surface area contributed by atoms with Crippen LogP contribution in [0.4, 0.5) is 0 Å². The average Bonchev–Trinajstić information content (AvgIpc) is 2.34. The maximum atomic E-state index is 4.29. The lowest BCUT2D eigenvalue weighted by Gasteiger charge is -2.22. The van der Waals surface area contributed by atoms with Gasteiger partial charge in [-0.2, -0.15) is 0 Å². The third kappa shape index (κ3) is 6.39. The first-order valence-corrected chi connectivity index (χ1v) is 6.55. The predicted octanol–water partition coefficient (Wildman–Crippen LogP) is 2.15. The topological polar surface area (TPSA) is 28.2 Å². The third-order valence-corrected chi connectivity index (χ3v) is 2.71. The van der Waals surface area contributed by atoms with E-state index < -0.39 is 0 Å². The van der Waals surface area contributed by atoms with Crippen LogP contribution in [-0.2, 0) is 6.54 Å². The van der Waals surface area contributed by atoms with Crippen molar-refractivity contribution in [3.63, 3.8) is 0 Å². The van der Waals surface area contributed by atoms with Crippen molar-refractivity contribution in [1.29, 1.82) is 0 Å². The molecule has 1 N–H and O–H groups in total. The summed E-state index contributed by atoms with van der Waals surface area (Å²) in [6.07, 6.45) is 1.84. The Bertz CT molecular complexity index is 285. The van der Waals surface area contributed by atoms with Crippen molar-refractivity contribution in [1.82, 2.24) is 15.2 Å². The molecule has 0 bridgehead atoms. The van der Waals surface area contributed by atoms with Gasteiger partial charge in [-0.05, 0) is 24.6 Å². The molecule has 1 aromatic rings. The van der Waals surface area contributed by atoms with Gasteiger partial charge in [-0.1, -0.05) is 26.8 Å². The van der Waals surface area contributed by atoms with Gasteiger partial charge in [0.2, 0.25) is 0 Å². The van der Waals surface area contributed by atoms with Gasteiger partial charge in [0.05, 0.1) is 5.69 Å². The van der Waals surface area contributed by atoms with Gasteiger partial charge >= 0.3 is 0 Å². The maximum Gasteiger partial charge on any atom is 0.0541 e. The molecule has 0 spiro atoms. The Balaban J connectivity index is 2.14. The van der Waals surface area contributed by atoms with E-state index in [1.54, 1.807) is 0 Å². The summed E-state index contributed by atoms with van der Waals surface area (Å²) in [5.74, 6) is 0.741. The van der Waals surface area contributed by atoms with Crippen molar-refractivity contribution >= 4 is 0 Å². The van der Waals surface area contributed by atoms with Gasteiger partial charge < -0.3 is 10.2 Å². The number of nitrogens with zero attached hydrogens (tertiary/aromatic N) is 2. The summed E-state index contributed by atoms with van der Waals surface area (Å²) in [4.78, 5) is 6.77. The smallest absolute Gasteiger partial charge is 0.0541 e. The fourth-order valence-electron chi connectivity index (χ4n) is 1.85. The van der Waals surface area contributed by atoms with Crippen LogP contribution in [0.15, 0.2) is 24.4 Å². The zero-order valence-corrected chi connectivity index (χ0v) is 11.3. The zero-order valence-electron chi connectivity index (χ0n) is 11.3. The maximum absolute atomic E-state index is 4.29. The zero-order chi connectivity index (χ0) is 12.5. The van der Waals surface area contributed by atoms with Crippen molar-refractivity contribution in [3.8, 4) is 0 Å². The number of hydrogen-bond donors (Lipinski definition) is 1. The number of pyridine rings is 1. The molecule has 0 fully saturated rings. The molecule has 0 aliphatic rings. The molecule has 0 aliphatic heterocycles. The number of nitrogens with one attached hydrogen (secondary N) is 1.